The first-order valence-electron chi connectivity index (χ1n) is 9.27. The Balaban J connectivity index is 1.71. The van der Waals surface area contributed by atoms with Gasteiger partial charge >= 0.3 is 0 Å². The van der Waals surface area contributed by atoms with Gasteiger partial charge in [0.2, 0.25) is 0 Å². The lowest BCUT2D eigenvalue weighted by molar-refractivity contribution is 0.0718. The Kier molecular flexibility index (Phi) is 5.35. The summed E-state index contributed by atoms with van der Waals surface area (Å²) in [5, 5.41) is 0. The minimum absolute atomic E-state index is 0.0168. The minimum Gasteiger partial charge on any atom is -0.351 e. The van der Waals surface area contributed by atoms with E-state index < -0.39 is 0 Å². The first-order chi connectivity index (χ1) is 12.8. The summed E-state index contributed by atoms with van der Waals surface area (Å²) in [5.41, 5.74) is 3.68. The van der Waals surface area contributed by atoms with Crippen LogP contribution in [0.2, 0.25) is 0 Å². The van der Waals surface area contributed by atoms with E-state index in [4.69, 9.17) is 0 Å². The second-order valence-electron chi connectivity index (χ2n) is 7.25. The van der Waals surface area contributed by atoms with E-state index in [2.05, 4.69) is 0 Å². The van der Waals surface area contributed by atoms with Crippen LogP contribution in [0, 0.1) is 26.6 Å². The van der Waals surface area contributed by atoms with Gasteiger partial charge in [0.15, 0.2) is 0 Å². The van der Waals surface area contributed by atoms with Crippen LogP contribution in [-0.4, -0.2) is 52.4 Å². The highest BCUT2D eigenvalue weighted by atomic mass is 19.1. The summed E-state index contributed by atoms with van der Waals surface area (Å²) < 4.78 is 15.5. The Labute approximate surface area is 159 Å². The SMILES string of the molecule is Cc1cc(C(=O)N2CCCN(C(=O)c3cc(C)n(C)c3C)CC2)ccc1F. The highest BCUT2D eigenvalue weighted by Gasteiger charge is 2.25. The predicted octanol–water partition coefficient (Wildman–Crippen LogP) is 3.08. The molecule has 0 aliphatic carbocycles. The molecule has 1 fully saturated rings. The number of halogens is 1. The molecule has 0 atom stereocenters. The lowest BCUT2D eigenvalue weighted by atomic mass is 10.1. The topological polar surface area (TPSA) is 45.6 Å². The van der Waals surface area contributed by atoms with Gasteiger partial charge in [-0.25, -0.2) is 4.39 Å². The molecule has 2 aromatic rings. The summed E-state index contributed by atoms with van der Waals surface area (Å²) in [6.45, 7) is 7.77. The number of carbonyl (C=O) groups excluding carboxylic acids is 2. The third-order valence-electron chi connectivity index (χ3n) is 5.48. The van der Waals surface area contributed by atoms with E-state index in [1.54, 1.807) is 17.9 Å². The van der Waals surface area contributed by atoms with Crippen molar-refractivity contribution >= 4 is 11.8 Å². The smallest absolute Gasteiger partial charge is 0.255 e. The van der Waals surface area contributed by atoms with Crippen molar-refractivity contribution < 1.29 is 14.0 Å². The molecule has 2 amide bonds. The molecule has 1 saturated heterocycles. The van der Waals surface area contributed by atoms with Crippen molar-refractivity contribution in [3.63, 3.8) is 0 Å². The lowest BCUT2D eigenvalue weighted by Crippen LogP contribution is -2.37. The van der Waals surface area contributed by atoms with E-state index in [9.17, 15) is 14.0 Å². The maximum atomic E-state index is 13.5. The molecule has 1 aromatic carbocycles. The summed E-state index contributed by atoms with van der Waals surface area (Å²) >= 11 is 0. The normalized spacial score (nSPS) is 15.0. The van der Waals surface area contributed by atoms with Gasteiger partial charge in [0, 0.05) is 50.2 Å². The molecule has 6 heteroatoms. The number of hydrogen-bond donors (Lipinski definition) is 0. The van der Waals surface area contributed by atoms with E-state index in [1.807, 2.05) is 36.4 Å². The number of nitrogens with zero attached hydrogens (tertiary/aromatic N) is 3. The zero-order valence-electron chi connectivity index (χ0n) is 16.4. The third-order valence-corrected chi connectivity index (χ3v) is 5.48. The summed E-state index contributed by atoms with van der Waals surface area (Å²) in [4.78, 5) is 29.3. The fourth-order valence-corrected chi connectivity index (χ4v) is 3.53. The molecular weight excluding hydrogens is 345 g/mol. The first kappa shape index (κ1) is 19.1. The van der Waals surface area contributed by atoms with Crippen molar-refractivity contribution in [2.45, 2.75) is 27.2 Å². The van der Waals surface area contributed by atoms with Gasteiger partial charge in [-0.2, -0.15) is 0 Å². The van der Waals surface area contributed by atoms with Crippen LogP contribution in [0.1, 0.15) is 44.1 Å². The standard InChI is InChI=1S/C21H26FN3O2/c1-14-12-17(6-7-19(14)22)20(26)24-8-5-9-25(11-10-24)21(27)18-13-15(2)23(4)16(18)3/h6-7,12-13H,5,8-11H2,1-4H3. The highest BCUT2D eigenvalue weighted by molar-refractivity contribution is 5.96. The van der Waals surface area contributed by atoms with E-state index in [0.29, 0.717) is 37.3 Å². The van der Waals surface area contributed by atoms with Gasteiger partial charge in [-0.3, -0.25) is 9.59 Å². The number of aromatic nitrogens is 1. The zero-order valence-corrected chi connectivity index (χ0v) is 16.4. The van der Waals surface area contributed by atoms with Crippen LogP contribution in [0.3, 0.4) is 0 Å². The van der Waals surface area contributed by atoms with Gasteiger partial charge in [-0.05, 0) is 57.0 Å². The van der Waals surface area contributed by atoms with Crippen molar-refractivity contribution in [2.75, 3.05) is 26.2 Å². The molecular formula is C21H26FN3O2. The predicted molar refractivity (Wildman–Crippen MR) is 102 cm³/mol. The summed E-state index contributed by atoms with van der Waals surface area (Å²) in [7, 11) is 1.95. The van der Waals surface area contributed by atoms with E-state index in [0.717, 1.165) is 23.4 Å². The summed E-state index contributed by atoms with van der Waals surface area (Å²) in [6, 6.07) is 6.36. The average molecular weight is 371 g/mol. The Morgan fingerprint density at radius 1 is 0.926 bits per heavy atom. The molecule has 0 unspecified atom stereocenters. The Bertz CT molecular complexity index is 888. The van der Waals surface area contributed by atoms with Crippen LogP contribution in [0.5, 0.6) is 0 Å². The first-order valence-corrected chi connectivity index (χ1v) is 9.27. The molecule has 0 bridgehead atoms. The van der Waals surface area contributed by atoms with Crippen LogP contribution < -0.4 is 0 Å². The second kappa shape index (κ2) is 7.55. The van der Waals surface area contributed by atoms with Crippen molar-refractivity contribution in [3.8, 4) is 0 Å². The van der Waals surface area contributed by atoms with E-state index in [1.165, 1.54) is 12.1 Å². The number of rotatable bonds is 2. The van der Waals surface area contributed by atoms with Gasteiger partial charge in [0.05, 0.1) is 5.56 Å². The fourth-order valence-electron chi connectivity index (χ4n) is 3.53. The van der Waals surface area contributed by atoms with Crippen molar-refractivity contribution in [2.24, 2.45) is 7.05 Å². The molecule has 0 N–H and O–H groups in total. The van der Waals surface area contributed by atoms with Gasteiger partial charge in [-0.15, -0.1) is 0 Å². The Hall–Kier alpha value is -2.63. The summed E-state index contributed by atoms with van der Waals surface area (Å²) in [5.74, 6) is -0.407. The molecule has 1 aliphatic heterocycles. The zero-order chi connectivity index (χ0) is 19.7. The average Bonchev–Trinajstić information content (AvgIpc) is 2.85. The van der Waals surface area contributed by atoms with Gasteiger partial charge in [-0.1, -0.05) is 0 Å². The van der Waals surface area contributed by atoms with Crippen molar-refractivity contribution in [1.82, 2.24) is 14.4 Å². The van der Waals surface area contributed by atoms with Crippen molar-refractivity contribution in [1.29, 1.82) is 0 Å². The quantitative estimate of drug-likeness (QED) is 0.814. The van der Waals surface area contributed by atoms with Crippen LogP contribution >= 0.6 is 0 Å². The number of benzene rings is 1. The Morgan fingerprint density at radius 3 is 2.11 bits per heavy atom. The highest BCUT2D eigenvalue weighted by Crippen LogP contribution is 2.18. The van der Waals surface area contributed by atoms with E-state index >= 15 is 0 Å². The monoisotopic (exact) mass is 371 g/mol. The molecule has 0 radical (unpaired) electrons. The summed E-state index contributed by atoms with van der Waals surface area (Å²) in [6.07, 6.45) is 0.725. The molecule has 5 nitrogen and oxygen atoms in total. The van der Waals surface area contributed by atoms with Gasteiger partial charge in [0.1, 0.15) is 5.82 Å². The molecule has 3 rings (SSSR count). The van der Waals surface area contributed by atoms with Crippen LogP contribution in [-0.2, 0) is 7.05 Å². The number of carbonyl (C=O) groups is 2. The molecule has 1 aromatic heterocycles. The maximum Gasteiger partial charge on any atom is 0.255 e. The van der Waals surface area contributed by atoms with Crippen LogP contribution in [0.25, 0.3) is 0 Å². The lowest BCUT2D eigenvalue weighted by Gasteiger charge is -2.22. The third kappa shape index (κ3) is 3.75. The van der Waals surface area contributed by atoms with Crippen molar-refractivity contribution in [3.05, 3.63) is 58.2 Å². The molecule has 27 heavy (non-hydrogen) atoms. The van der Waals surface area contributed by atoms with E-state index in [-0.39, 0.29) is 17.6 Å². The number of aryl methyl sites for hydroxylation is 2. The molecule has 2 heterocycles. The molecule has 0 spiro atoms. The van der Waals surface area contributed by atoms with Crippen LogP contribution in [0.4, 0.5) is 4.39 Å². The minimum atomic E-state index is -0.312. The van der Waals surface area contributed by atoms with Gasteiger partial charge < -0.3 is 14.4 Å². The largest absolute Gasteiger partial charge is 0.351 e. The van der Waals surface area contributed by atoms with Crippen LogP contribution in [0.15, 0.2) is 24.3 Å². The van der Waals surface area contributed by atoms with Gasteiger partial charge in [0.25, 0.3) is 11.8 Å². The molecule has 1 aliphatic rings. The number of amides is 2. The number of hydrogen-bond acceptors (Lipinski definition) is 2. The Morgan fingerprint density at radius 2 is 1.56 bits per heavy atom. The molecule has 144 valence electrons. The molecule has 0 saturated carbocycles. The maximum absolute atomic E-state index is 13.5. The second-order valence-corrected chi connectivity index (χ2v) is 7.25. The fraction of sp³-hybridized carbons (Fsp3) is 0.429.